The maximum absolute atomic E-state index is 13.0. The molecule has 0 fully saturated rings. The maximum Gasteiger partial charge on any atom is 0.326 e. The smallest absolute Gasteiger partial charge is 0.326 e. The van der Waals surface area contributed by atoms with E-state index in [0.29, 0.717) is 0 Å². The third-order valence-corrected chi connectivity index (χ3v) is 1.37. The SMILES string of the molecule is CC(=O)NC(CC(C)(C)F)C(=O)O. The largest absolute Gasteiger partial charge is 0.480 e. The second-order valence-electron chi connectivity index (χ2n) is 3.51. The summed E-state index contributed by atoms with van der Waals surface area (Å²) in [5.41, 5.74) is -1.61. The minimum atomic E-state index is -1.61. The Morgan fingerprint density at radius 3 is 2.23 bits per heavy atom. The molecule has 13 heavy (non-hydrogen) atoms. The van der Waals surface area contributed by atoms with Crippen LogP contribution in [0.5, 0.6) is 0 Å². The van der Waals surface area contributed by atoms with E-state index >= 15 is 0 Å². The second-order valence-corrected chi connectivity index (χ2v) is 3.51. The van der Waals surface area contributed by atoms with Gasteiger partial charge in [0.15, 0.2) is 0 Å². The van der Waals surface area contributed by atoms with Gasteiger partial charge in [-0.1, -0.05) is 0 Å². The molecule has 0 aromatic rings. The first kappa shape index (κ1) is 11.9. The number of carbonyl (C=O) groups is 2. The Morgan fingerprint density at radius 1 is 1.54 bits per heavy atom. The number of alkyl halides is 1. The molecule has 0 saturated carbocycles. The number of carboxylic acid groups (broad SMARTS) is 1. The highest BCUT2D eigenvalue weighted by Gasteiger charge is 2.27. The van der Waals surface area contributed by atoms with Gasteiger partial charge in [0.1, 0.15) is 11.7 Å². The summed E-state index contributed by atoms with van der Waals surface area (Å²) in [7, 11) is 0. The van der Waals surface area contributed by atoms with Gasteiger partial charge in [-0.2, -0.15) is 0 Å². The van der Waals surface area contributed by atoms with Crippen LogP contribution in [0.15, 0.2) is 0 Å². The van der Waals surface area contributed by atoms with E-state index in [1.165, 1.54) is 20.8 Å². The number of halogens is 1. The first-order chi connectivity index (χ1) is 5.72. The molecule has 0 aromatic carbocycles. The van der Waals surface area contributed by atoms with Crippen molar-refractivity contribution in [2.24, 2.45) is 0 Å². The van der Waals surface area contributed by atoms with Crippen molar-refractivity contribution in [3.05, 3.63) is 0 Å². The summed E-state index contributed by atoms with van der Waals surface area (Å²) in [5.74, 6) is -1.70. The fraction of sp³-hybridized carbons (Fsp3) is 0.750. The van der Waals surface area contributed by atoms with E-state index < -0.39 is 23.6 Å². The summed E-state index contributed by atoms with van der Waals surface area (Å²) in [4.78, 5) is 21.1. The molecular formula is C8H14FNO3. The van der Waals surface area contributed by atoms with Crippen LogP contribution in [0, 0.1) is 0 Å². The van der Waals surface area contributed by atoms with Crippen molar-refractivity contribution in [1.29, 1.82) is 0 Å². The van der Waals surface area contributed by atoms with Crippen molar-refractivity contribution in [3.8, 4) is 0 Å². The standard InChI is InChI=1S/C8H14FNO3/c1-5(11)10-6(7(12)13)4-8(2,3)9/h6H,4H2,1-3H3,(H,10,11)(H,12,13). The van der Waals surface area contributed by atoms with Gasteiger partial charge in [0.25, 0.3) is 0 Å². The van der Waals surface area contributed by atoms with Crippen LogP contribution in [0.3, 0.4) is 0 Å². The van der Waals surface area contributed by atoms with Crippen molar-refractivity contribution in [1.82, 2.24) is 5.32 Å². The zero-order valence-corrected chi connectivity index (χ0v) is 7.93. The van der Waals surface area contributed by atoms with Gasteiger partial charge in [-0.05, 0) is 13.8 Å². The second kappa shape index (κ2) is 4.20. The lowest BCUT2D eigenvalue weighted by Crippen LogP contribution is -2.43. The predicted octanol–water partition coefficient (Wildman–Crippen LogP) is 0.714. The van der Waals surface area contributed by atoms with Crippen LogP contribution >= 0.6 is 0 Å². The predicted molar refractivity (Wildman–Crippen MR) is 45.0 cm³/mol. The topological polar surface area (TPSA) is 66.4 Å². The van der Waals surface area contributed by atoms with Gasteiger partial charge in [-0.25, -0.2) is 9.18 Å². The van der Waals surface area contributed by atoms with Crippen molar-refractivity contribution in [2.75, 3.05) is 0 Å². The Morgan fingerprint density at radius 2 is 2.00 bits per heavy atom. The van der Waals surface area contributed by atoms with Crippen LogP contribution in [0.25, 0.3) is 0 Å². The molecule has 1 amide bonds. The lowest BCUT2D eigenvalue weighted by atomic mass is 10.0. The Bertz CT molecular complexity index is 210. The summed E-state index contributed by atoms with van der Waals surface area (Å²) in [6.07, 6.45) is -0.234. The van der Waals surface area contributed by atoms with E-state index in [2.05, 4.69) is 5.32 Å². The number of nitrogens with one attached hydrogen (secondary N) is 1. The van der Waals surface area contributed by atoms with Crippen LogP contribution in [-0.2, 0) is 9.59 Å². The number of aliphatic carboxylic acids is 1. The van der Waals surface area contributed by atoms with E-state index in [9.17, 15) is 14.0 Å². The Labute approximate surface area is 76.1 Å². The summed E-state index contributed by atoms with van der Waals surface area (Å²) < 4.78 is 13.0. The normalized spacial score (nSPS) is 13.5. The number of rotatable bonds is 4. The number of hydrogen-bond acceptors (Lipinski definition) is 2. The van der Waals surface area contributed by atoms with Crippen LogP contribution in [0.1, 0.15) is 27.2 Å². The van der Waals surface area contributed by atoms with E-state index in [1.807, 2.05) is 0 Å². The van der Waals surface area contributed by atoms with Gasteiger partial charge in [-0.3, -0.25) is 4.79 Å². The molecule has 0 bridgehead atoms. The molecule has 5 heteroatoms. The minimum absolute atomic E-state index is 0.234. The van der Waals surface area contributed by atoms with Crippen LogP contribution in [0.2, 0.25) is 0 Å². The molecule has 0 radical (unpaired) electrons. The zero-order chi connectivity index (χ0) is 10.6. The number of amides is 1. The van der Waals surface area contributed by atoms with Gasteiger partial charge in [0.2, 0.25) is 5.91 Å². The van der Waals surface area contributed by atoms with Crippen LogP contribution in [-0.4, -0.2) is 28.7 Å². The number of carboxylic acids is 1. The molecule has 0 aliphatic heterocycles. The highest BCUT2D eigenvalue weighted by atomic mass is 19.1. The number of hydrogen-bond donors (Lipinski definition) is 2. The molecule has 1 unspecified atom stereocenters. The van der Waals surface area contributed by atoms with E-state index in [4.69, 9.17) is 5.11 Å². The molecule has 0 spiro atoms. The van der Waals surface area contributed by atoms with Gasteiger partial charge in [0.05, 0.1) is 0 Å². The highest BCUT2D eigenvalue weighted by molar-refractivity contribution is 5.82. The monoisotopic (exact) mass is 191 g/mol. The van der Waals surface area contributed by atoms with Gasteiger partial charge in [-0.15, -0.1) is 0 Å². The Kier molecular flexibility index (Phi) is 3.84. The number of carbonyl (C=O) groups excluding carboxylic acids is 1. The van der Waals surface area contributed by atoms with Crippen molar-refractivity contribution >= 4 is 11.9 Å². The molecule has 4 nitrogen and oxygen atoms in total. The van der Waals surface area contributed by atoms with E-state index in [-0.39, 0.29) is 6.42 Å². The summed E-state index contributed by atoms with van der Waals surface area (Å²) in [6, 6.07) is -1.16. The molecule has 76 valence electrons. The molecule has 0 heterocycles. The third-order valence-electron chi connectivity index (χ3n) is 1.37. The first-order valence-electron chi connectivity index (χ1n) is 3.91. The van der Waals surface area contributed by atoms with Gasteiger partial charge < -0.3 is 10.4 Å². The van der Waals surface area contributed by atoms with Gasteiger partial charge in [0, 0.05) is 13.3 Å². The fourth-order valence-corrected chi connectivity index (χ4v) is 0.931. The van der Waals surface area contributed by atoms with Crippen molar-refractivity contribution < 1.29 is 19.1 Å². The molecule has 0 saturated heterocycles. The zero-order valence-electron chi connectivity index (χ0n) is 7.93. The molecule has 2 N–H and O–H groups in total. The third kappa shape index (κ3) is 6.07. The first-order valence-corrected chi connectivity index (χ1v) is 3.91. The average Bonchev–Trinajstić information content (AvgIpc) is 1.81. The molecule has 1 atom stereocenters. The van der Waals surface area contributed by atoms with E-state index in [0.717, 1.165) is 0 Å². The lowest BCUT2D eigenvalue weighted by molar-refractivity contribution is -0.142. The summed E-state index contributed by atoms with van der Waals surface area (Å²) in [6.45, 7) is 3.73. The Balaban J connectivity index is 4.27. The van der Waals surface area contributed by atoms with Gasteiger partial charge >= 0.3 is 5.97 Å². The molecule has 0 aromatic heterocycles. The Hall–Kier alpha value is -1.13. The highest BCUT2D eigenvalue weighted by Crippen LogP contribution is 2.16. The van der Waals surface area contributed by atoms with Crippen LogP contribution < -0.4 is 5.32 Å². The molecule has 0 aliphatic carbocycles. The summed E-state index contributed by atoms with van der Waals surface area (Å²) in [5, 5.41) is 10.8. The quantitative estimate of drug-likeness (QED) is 0.687. The molecule has 0 rings (SSSR count). The van der Waals surface area contributed by atoms with Crippen molar-refractivity contribution in [2.45, 2.75) is 38.9 Å². The molecule has 0 aliphatic rings. The average molecular weight is 191 g/mol. The minimum Gasteiger partial charge on any atom is -0.480 e. The maximum atomic E-state index is 13.0. The summed E-state index contributed by atoms with van der Waals surface area (Å²) >= 11 is 0. The fourth-order valence-electron chi connectivity index (χ4n) is 0.931. The molecular weight excluding hydrogens is 177 g/mol. The van der Waals surface area contributed by atoms with Crippen LogP contribution in [0.4, 0.5) is 4.39 Å². The van der Waals surface area contributed by atoms with E-state index in [1.54, 1.807) is 0 Å². The lowest BCUT2D eigenvalue weighted by Gasteiger charge is -2.20. The van der Waals surface area contributed by atoms with Crippen molar-refractivity contribution in [3.63, 3.8) is 0 Å².